The Balaban J connectivity index is 0.905. The SMILES string of the molecule is CCN1/C(=C/C=C/C=C/C2=[N+](CCCCCC(=O)NCC3C[C@@H]4CC[C@H]5C(=O)NC(CCCN=C(N)N)C(=O)NCC(=O)N[C@@H](CC(=O)O)C(=O)N[C@H]3C(=O)N45)c3ccc4c(S(=O)(=O)O)cccc4c3C2(C)C)C(C)(C)c2c1ccc1c(S(=O)(=O)O)cccc21. The van der Waals surface area contributed by atoms with Gasteiger partial charge in [0, 0.05) is 89.7 Å². The summed E-state index contributed by atoms with van der Waals surface area (Å²) in [5.41, 5.74) is 15.1. The summed E-state index contributed by atoms with van der Waals surface area (Å²) in [5, 5.41) is 25.0. The van der Waals surface area contributed by atoms with Crippen molar-refractivity contribution in [1.82, 2.24) is 31.5 Å². The summed E-state index contributed by atoms with van der Waals surface area (Å²) in [6.45, 7) is 10.8. The fourth-order valence-electron chi connectivity index (χ4n) is 13.8. The Morgan fingerprint density at radius 3 is 2.10 bits per heavy atom. The lowest BCUT2D eigenvalue weighted by Crippen LogP contribution is -2.65. The zero-order valence-corrected chi connectivity index (χ0v) is 52.5. The number of carbonyl (C=O) groups is 7. The highest BCUT2D eigenvalue weighted by atomic mass is 32.2. The number of aliphatic imine (C=N–C) groups is 1. The highest BCUT2D eigenvalue weighted by Gasteiger charge is 2.51. The number of piperidine rings is 1. The molecular weight excluding hydrogens is 1200 g/mol. The molecule has 0 radical (unpaired) electrons. The Morgan fingerprint density at radius 1 is 0.767 bits per heavy atom. The van der Waals surface area contributed by atoms with E-state index >= 15 is 0 Å². The van der Waals surface area contributed by atoms with E-state index < -0.39 is 116 Å². The molecule has 3 fully saturated rings. The molecule has 4 aromatic rings. The molecule has 2 bridgehead atoms. The van der Waals surface area contributed by atoms with Crippen LogP contribution in [0.5, 0.6) is 0 Å². The van der Waals surface area contributed by atoms with Gasteiger partial charge in [0.2, 0.25) is 41.1 Å². The Kier molecular flexibility index (Phi) is 19.4. The van der Waals surface area contributed by atoms with Crippen LogP contribution in [0, 0.1) is 5.92 Å². The summed E-state index contributed by atoms with van der Waals surface area (Å²) in [6.07, 6.45) is 11.9. The first-order valence-electron chi connectivity index (χ1n) is 30.1. The number of benzene rings is 4. The van der Waals surface area contributed by atoms with E-state index in [1.54, 1.807) is 24.3 Å². The number of likely N-dealkylation sites (N-methyl/N-ethyl adjacent to an activating group) is 1. The van der Waals surface area contributed by atoms with E-state index in [1.807, 2.05) is 61.6 Å². The zero-order chi connectivity index (χ0) is 65.2. The van der Waals surface area contributed by atoms with Crippen molar-refractivity contribution in [2.75, 3.05) is 37.6 Å². The van der Waals surface area contributed by atoms with Crippen LogP contribution < -0.4 is 43.0 Å². The quantitative estimate of drug-likeness (QED) is 0.0150. The molecule has 5 heterocycles. The van der Waals surface area contributed by atoms with E-state index in [4.69, 9.17) is 11.5 Å². The number of guanidine groups is 1. The maximum atomic E-state index is 14.6. The van der Waals surface area contributed by atoms with Gasteiger partial charge in [-0.3, -0.25) is 47.7 Å². The summed E-state index contributed by atoms with van der Waals surface area (Å²) in [5.74, 6) is -6.53. The molecule has 27 heteroatoms. The van der Waals surface area contributed by atoms with Crippen LogP contribution >= 0.6 is 0 Å². The molecule has 90 heavy (non-hydrogen) atoms. The van der Waals surface area contributed by atoms with E-state index in [-0.39, 0.29) is 66.9 Å². The number of anilines is 1. The fraction of sp³-hybridized carbons (Fsp3) is 0.444. The zero-order valence-electron chi connectivity index (χ0n) is 50.8. The molecule has 2 unspecified atom stereocenters. The predicted octanol–water partition coefficient (Wildman–Crippen LogP) is 3.85. The molecule has 0 aromatic heterocycles. The first-order chi connectivity index (χ1) is 42.5. The molecule has 0 spiro atoms. The minimum Gasteiger partial charge on any atom is -0.481 e. The number of nitrogens with two attached hydrogens (primary N) is 2. The van der Waals surface area contributed by atoms with Crippen LogP contribution in [-0.4, -0.2) is 157 Å². The molecule has 0 aliphatic carbocycles. The number of carboxylic acids is 1. The molecule has 4 aromatic carbocycles. The number of rotatable bonds is 20. The first-order valence-corrected chi connectivity index (χ1v) is 33.0. The molecule has 3 saturated heterocycles. The van der Waals surface area contributed by atoms with E-state index in [2.05, 4.69) is 68.7 Å². The highest BCUT2D eigenvalue weighted by Crippen LogP contribution is 2.51. The van der Waals surface area contributed by atoms with Gasteiger partial charge in [0.25, 0.3) is 20.2 Å². The van der Waals surface area contributed by atoms with E-state index in [9.17, 15) is 64.6 Å². The van der Waals surface area contributed by atoms with Crippen molar-refractivity contribution in [3.8, 4) is 0 Å². The second-order valence-electron chi connectivity index (χ2n) is 24.4. The number of fused-ring (bicyclic) bond motifs is 7. The van der Waals surface area contributed by atoms with Gasteiger partial charge < -0.3 is 53.0 Å². The monoisotopic (exact) mass is 1280 g/mol. The van der Waals surface area contributed by atoms with Crippen molar-refractivity contribution in [1.29, 1.82) is 0 Å². The maximum absolute atomic E-state index is 14.6. The number of nitrogens with zero attached hydrogens (tertiary/aromatic N) is 4. The summed E-state index contributed by atoms with van der Waals surface area (Å²) in [7, 11) is -9.07. The number of allylic oxidation sites excluding steroid dienone is 6. The van der Waals surface area contributed by atoms with Crippen molar-refractivity contribution in [3.63, 3.8) is 0 Å². The first kappa shape index (κ1) is 65.9. The standard InChI is InChI=1S/C63H77N11O14S2/c1-6-72-44-28-25-38-40(16-13-19-47(38)89(83,84)85)54(44)62(2,3)49(72)21-9-7-10-22-50-63(4,5)55-41-17-14-20-48(90(86,87)88)39(41)26-29-45(55)73(50)31-12-8-11-23-51(75)67-34-36-32-37-24-27-46-59(81)70-42(18-15-30-66-61(64)65)57(79)68-35-52(76)69-43(33-53(77)78)58(80)71-56(36)60(82)74(37)46/h7,9-10,13-14,16-17,19-22,25-26,28-29,36-37,42-43,46,56H,6,8,11-12,15,18,23-24,27,30-35H2,1-5H3,(H11-,64,65,66,67,68,69,70,71,75,76,77,78,79,80,81,83,84,85,86,87,88)/p+1/t36?,37-,42?,43-,46-,56+/m0/s1. The van der Waals surface area contributed by atoms with Crippen LogP contribution in [0.25, 0.3) is 21.5 Å². The van der Waals surface area contributed by atoms with Crippen molar-refractivity contribution in [2.24, 2.45) is 22.4 Å². The van der Waals surface area contributed by atoms with Crippen LogP contribution in [-0.2, 0) is 64.6 Å². The topological polar surface area (TPSA) is 382 Å². The lowest BCUT2D eigenvalue weighted by atomic mass is 9.79. The average Bonchev–Trinajstić information content (AvgIpc) is 1.56. The van der Waals surface area contributed by atoms with Gasteiger partial charge in [-0.15, -0.1) is 0 Å². The lowest BCUT2D eigenvalue weighted by Gasteiger charge is -2.42. The average molecular weight is 1280 g/mol. The minimum absolute atomic E-state index is 0.0563. The molecular formula is C63H78N11O14S2+. The van der Waals surface area contributed by atoms with Gasteiger partial charge in [-0.05, 0) is 112 Å². The third-order valence-electron chi connectivity index (χ3n) is 17.8. The molecule has 480 valence electrons. The van der Waals surface area contributed by atoms with Gasteiger partial charge in [0.05, 0.1) is 18.4 Å². The van der Waals surface area contributed by atoms with Crippen LogP contribution in [0.15, 0.2) is 112 Å². The predicted molar refractivity (Wildman–Crippen MR) is 337 cm³/mol. The number of unbranched alkanes of at least 4 members (excludes halogenated alkanes) is 2. The van der Waals surface area contributed by atoms with Crippen molar-refractivity contribution in [2.45, 2.75) is 150 Å². The van der Waals surface area contributed by atoms with Crippen LogP contribution in [0.2, 0.25) is 0 Å². The molecule has 25 nitrogen and oxygen atoms in total. The van der Waals surface area contributed by atoms with Crippen LogP contribution in [0.1, 0.15) is 110 Å². The van der Waals surface area contributed by atoms with Crippen molar-refractivity contribution < 1.29 is 69.2 Å². The van der Waals surface area contributed by atoms with E-state index in [0.29, 0.717) is 54.9 Å². The highest BCUT2D eigenvalue weighted by molar-refractivity contribution is 7.86. The Morgan fingerprint density at radius 2 is 1.44 bits per heavy atom. The number of aliphatic carboxylic acids is 1. The van der Waals surface area contributed by atoms with Gasteiger partial charge in [-0.2, -0.15) is 21.4 Å². The van der Waals surface area contributed by atoms with Crippen LogP contribution in [0.3, 0.4) is 0 Å². The van der Waals surface area contributed by atoms with E-state index in [1.165, 1.54) is 17.0 Å². The van der Waals surface area contributed by atoms with Gasteiger partial charge >= 0.3 is 5.97 Å². The molecule has 0 saturated carbocycles. The minimum atomic E-state index is -4.58. The summed E-state index contributed by atoms with van der Waals surface area (Å²) < 4.78 is 72.5. The molecule has 6 atom stereocenters. The smallest absolute Gasteiger partial charge is 0.305 e. The normalized spacial score (nSPS) is 23.1. The van der Waals surface area contributed by atoms with Crippen LogP contribution in [0.4, 0.5) is 11.4 Å². The molecule has 5 aliphatic heterocycles. The number of nitrogens with one attached hydrogen (secondary N) is 5. The number of carbonyl (C=O) groups excluding carboxylic acids is 6. The second-order valence-corrected chi connectivity index (χ2v) is 27.2. The Hall–Kier alpha value is -8.53. The Labute approximate surface area is 522 Å². The third-order valence-corrected chi connectivity index (χ3v) is 19.7. The number of hydrogen-bond donors (Lipinski definition) is 10. The summed E-state index contributed by atoms with van der Waals surface area (Å²) in [6, 6.07) is 11.1. The van der Waals surface area contributed by atoms with Gasteiger partial charge in [-0.1, -0.05) is 62.4 Å². The lowest BCUT2D eigenvalue weighted by molar-refractivity contribution is -0.438. The van der Waals surface area contributed by atoms with Gasteiger partial charge in [-0.25, -0.2) is 0 Å². The summed E-state index contributed by atoms with van der Waals surface area (Å²) >= 11 is 0. The van der Waals surface area contributed by atoms with Gasteiger partial charge in [0.15, 0.2) is 11.7 Å². The molecule has 5 aliphatic rings. The molecule has 6 amide bonds. The van der Waals surface area contributed by atoms with Crippen molar-refractivity contribution >= 4 is 106 Å². The van der Waals surface area contributed by atoms with E-state index in [0.717, 1.165) is 39.3 Å². The molecule has 12 N–H and O–H groups in total. The summed E-state index contributed by atoms with van der Waals surface area (Å²) in [4.78, 5) is 102. The van der Waals surface area contributed by atoms with Crippen molar-refractivity contribution in [3.05, 3.63) is 108 Å². The number of carboxylic acid groups (broad SMARTS) is 1. The fourth-order valence-corrected chi connectivity index (χ4v) is 15.2. The maximum Gasteiger partial charge on any atom is 0.305 e. The molecule has 9 rings (SSSR count). The number of amides is 6. The third kappa shape index (κ3) is 13.6. The second kappa shape index (κ2) is 26.5. The largest absolute Gasteiger partial charge is 0.481 e. The Bertz CT molecular complexity index is 3980. The number of hydrogen-bond acceptors (Lipinski definition) is 13. The van der Waals surface area contributed by atoms with Gasteiger partial charge in [0.1, 0.15) is 40.5 Å².